The molecule has 1 aromatic carbocycles. The molecule has 2 heterocycles. The van der Waals surface area contributed by atoms with Crippen LogP contribution in [0.15, 0.2) is 28.8 Å². The zero-order valence-electron chi connectivity index (χ0n) is 13.9. The molecule has 9 heteroatoms. The first-order valence-electron chi connectivity index (χ1n) is 7.54. The van der Waals surface area contributed by atoms with Crippen LogP contribution in [-0.4, -0.2) is 33.2 Å². The molecule has 0 fully saturated rings. The van der Waals surface area contributed by atoms with Crippen molar-refractivity contribution in [1.82, 2.24) is 20.0 Å². The number of halogens is 2. The number of aryl methyl sites for hydroxylation is 2. The van der Waals surface area contributed by atoms with E-state index in [1.807, 2.05) is 6.92 Å². The van der Waals surface area contributed by atoms with E-state index in [1.54, 1.807) is 30.9 Å². The zero-order valence-corrected chi connectivity index (χ0v) is 13.9. The van der Waals surface area contributed by atoms with Gasteiger partial charge in [0.2, 0.25) is 5.89 Å². The van der Waals surface area contributed by atoms with Crippen molar-refractivity contribution < 1.29 is 22.7 Å². The third-order valence-corrected chi connectivity index (χ3v) is 3.38. The first-order chi connectivity index (χ1) is 12.0. The molecule has 0 bridgehead atoms. The fourth-order valence-electron chi connectivity index (χ4n) is 2.36. The molecule has 0 aliphatic rings. The van der Waals surface area contributed by atoms with Gasteiger partial charge in [-0.3, -0.25) is 4.68 Å². The van der Waals surface area contributed by atoms with E-state index in [-0.39, 0.29) is 17.4 Å². The summed E-state index contributed by atoms with van der Waals surface area (Å²) < 4.78 is 42.1. The molecule has 0 aliphatic heterocycles. The molecule has 3 aromatic rings. The number of hydrogen-bond donors (Lipinski definition) is 0. The van der Waals surface area contributed by atoms with Crippen molar-refractivity contribution in [2.45, 2.75) is 20.5 Å². The van der Waals surface area contributed by atoms with Crippen molar-refractivity contribution in [3.63, 3.8) is 0 Å². The van der Waals surface area contributed by atoms with Crippen LogP contribution in [-0.2, 0) is 7.05 Å². The summed E-state index contributed by atoms with van der Waals surface area (Å²) in [5.41, 5.74) is 2.02. The first-order valence-corrected chi connectivity index (χ1v) is 7.54. The predicted octanol–water partition coefficient (Wildman–Crippen LogP) is 3.45. The Labute approximate surface area is 142 Å². The Morgan fingerprint density at radius 2 is 1.96 bits per heavy atom. The number of nitrogens with zero attached hydrogens (tertiary/aromatic N) is 4. The highest BCUT2D eigenvalue weighted by Crippen LogP contribution is 2.34. The molecule has 0 amide bonds. The molecule has 132 valence electrons. The van der Waals surface area contributed by atoms with Gasteiger partial charge in [0.1, 0.15) is 0 Å². The topological polar surface area (TPSA) is 75.2 Å². The van der Waals surface area contributed by atoms with Crippen molar-refractivity contribution in [3.8, 4) is 34.4 Å². The van der Waals surface area contributed by atoms with Crippen molar-refractivity contribution in [2.24, 2.45) is 7.05 Å². The summed E-state index contributed by atoms with van der Waals surface area (Å²) in [6.07, 6.45) is 1.78. The number of rotatable bonds is 6. The molecule has 0 saturated heterocycles. The van der Waals surface area contributed by atoms with E-state index in [1.165, 1.54) is 12.1 Å². The van der Waals surface area contributed by atoms with Crippen LogP contribution in [0.2, 0.25) is 0 Å². The highest BCUT2D eigenvalue weighted by molar-refractivity contribution is 5.62. The fourth-order valence-corrected chi connectivity index (χ4v) is 2.36. The molecule has 0 saturated carbocycles. The third kappa shape index (κ3) is 3.59. The van der Waals surface area contributed by atoms with Gasteiger partial charge in [-0.1, -0.05) is 0 Å². The minimum absolute atomic E-state index is 0.0524. The Morgan fingerprint density at radius 3 is 2.60 bits per heavy atom. The zero-order chi connectivity index (χ0) is 18.0. The summed E-state index contributed by atoms with van der Waals surface area (Å²) >= 11 is 0. The van der Waals surface area contributed by atoms with Crippen LogP contribution in [0.5, 0.6) is 11.5 Å². The predicted molar refractivity (Wildman–Crippen MR) is 84.5 cm³/mol. The van der Waals surface area contributed by atoms with Crippen LogP contribution < -0.4 is 9.47 Å². The Balaban J connectivity index is 1.94. The molecule has 2 aromatic heterocycles. The van der Waals surface area contributed by atoms with Crippen LogP contribution in [0.1, 0.15) is 12.6 Å². The first kappa shape index (κ1) is 16.9. The van der Waals surface area contributed by atoms with Crippen LogP contribution in [0.3, 0.4) is 0 Å². The number of alkyl halides is 2. The molecule has 3 rings (SSSR count). The maximum Gasteiger partial charge on any atom is 0.387 e. The number of aromatic nitrogens is 4. The Kier molecular flexibility index (Phi) is 4.64. The molecule has 0 spiro atoms. The standard InChI is InChI=1S/C16H16F2N4O3/c1-4-23-13-7-10(5-6-12(13)24-16(17)18)14-19-20-15(25-14)11-8-22(3)21-9(11)2/h5-8,16H,4H2,1-3H3. The largest absolute Gasteiger partial charge is 0.490 e. The lowest BCUT2D eigenvalue weighted by Gasteiger charge is -2.11. The highest BCUT2D eigenvalue weighted by Gasteiger charge is 2.17. The molecule has 7 nitrogen and oxygen atoms in total. The maximum atomic E-state index is 12.5. The highest BCUT2D eigenvalue weighted by atomic mass is 19.3. The van der Waals surface area contributed by atoms with Gasteiger partial charge in [-0.25, -0.2) is 0 Å². The van der Waals surface area contributed by atoms with E-state index < -0.39 is 6.61 Å². The normalized spacial score (nSPS) is 11.1. The van der Waals surface area contributed by atoms with E-state index in [2.05, 4.69) is 20.0 Å². The minimum atomic E-state index is -2.94. The summed E-state index contributed by atoms with van der Waals surface area (Å²) in [6, 6.07) is 4.45. The van der Waals surface area contributed by atoms with Gasteiger partial charge in [0, 0.05) is 18.8 Å². The number of benzene rings is 1. The second-order valence-electron chi connectivity index (χ2n) is 5.19. The summed E-state index contributed by atoms with van der Waals surface area (Å²) in [4.78, 5) is 0. The van der Waals surface area contributed by atoms with E-state index in [4.69, 9.17) is 9.15 Å². The molecule has 0 atom stereocenters. The van der Waals surface area contributed by atoms with Crippen LogP contribution >= 0.6 is 0 Å². The average molecular weight is 350 g/mol. The summed E-state index contributed by atoms with van der Waals surface area (Å²) in [7, 11) is 1.80. The summed E-state index contributed by atoms with van der Waals surface area (Å²) in [5, 5.41) is 12.3. The van der Waals surface area contributed by atoms with Gasteiger partial charge >= 0.3 is 6.61 Å². The SMILES string of the molecule is CCOc1cc(-c2nnc(-c3cn(C)nc3C)o2)ccc1OC(F)F. The minimum Gasteiger partial charge on any atom is -0.490 e. The molecule has 0 unspecified atom stereocenters. The average Bonchev–Trinajstić information content (AvgIpc) is 3.15. The Bertz CT molecular complexity index is 876. The second kappa shape index (κ2) is 6.88. The smallest absolute Gasteiger partial charge is 0.387 e. The number of ether oxygens (including phenoxy) is 2. The van der Waals surface area contributed by atoms with Gasteiger partial charge in [-0.05, 0) is 32.0 Å². The van der Waals surface area contributed by atoms with Gasteiger partial charge < -0.3 is 13.9 Å². The molecule has 0 aliphatic carbocycles. The van der Waals surface area contributed by atoms with Crippen molar-refractivity contribution >= 4 is 0 Å². The lowest BCUT2D eigenvalue weighted by atomic mass is 10.2. The van der Waals surface area contributed by atoms with Gasteiger partial charge in [-0.2, -0.15) is 13.9 Å². The van der Waals surface area contributed by atoms with Crippen molar-refractivity contribution in [2.75, 3.05) is 6.61 Å². The van der Waals surface area contributed by atoms with Gasteiger partial charge in [0.15, 0.2) is 11.5 Å². The summed E-state index contributed by atoms with van der Waals surface area (Å²) in [5.74, 6) is 0.690. The lowest BCUT2D eigenvalue weighted by Crippen LogP contribution is -2.04. The van der Waals surface area contributed by atoms with E-state index >= 15 is 0 Å². The van der Waals surface area contributed by atoms with E-state index in [0.717, 1.165) is 11.3 Å². The van der Waals surface area contributed by atoms with E-state index in [0.29, 0.717) is 18.1 Å². The number of hydrogen-bond acceptors (Lipinski definition) is 6. The van der Waals surface area contributed by atoms with Crippen LogP contribution in [0.4, 0.5) is 8.78 Å². The van der Waals surface area contributed by atoms with Crippen LogP contribution in [0, 0.1) is 6.92 Å². The molecule has 0 radical (unpaired) electrons. The molecular weight excluding hydrogens is 334 g/mol. The lowest BCUT2D eigenvalue weighted by molar-refractivity contribution is -0.0514. The maximum absolute atomic E-state index is 12.5. The summed E-state index contributed by atoms with van der Waals surface area (Å²) in [6.45, 7) is 0.943. The Morgan fingerprint density at radius 1 is 1.20 bits per heavy atom. The second-order valence-corrected chi connectivity index (χ2v) is 5.19. The van der Waals surface area contributed by atoms with Gasteiger partial charge in [0.25, 0.3) is 5.89 Å². The monoisotopic (exact) mass is 350 g/mol. The molecular formula is C16H16F2N4O3. The molecule has 25 heavy (non-hydrogen) atoms. The van der Waals surface area contributed by atoms with Crippen molar-refractivity contribution in [3.05, 3.63) is 30.1 Å². The third-order valence-electron chi connectivity index (χ3n) is 3.38. The van der Waals surface area contributed by atoms with Gasteiger partial charge in [0.05, 0.1) is 17.9 Å². The van der Waals surface area contributed by atoms with Crippen molar-refractivity contribution in [1.29, 1.82) is 0 Å². The fraction of sp³-hybridized carbons (Fsp3) is 0.312. The Hall–Kier alpha value is -2.97. The van der Waals surface area contributed by atoms with E-state index in [9.17, 15) is 8.78 Å². The quantitative estimate of drug-likeness (QED) is 0.678. The molecule has 0 N–H and O–H groups in total. The van der Waals surface area contributed by atoms with Gasteiger partial charge in [-0.15, -0.1) is 10.2 Å². The van der Waals surface area contributed by atoms with Crippen LogP contribution in [0.25, 0.3) is 22.9 Å².